The third-order valence-electron chi connectivity index (χ3n) is 2.80. The molecule has 0 saturated carbocycles. The molecule has 0 amide bonds. The van der Waals surface area contributed by atoms with E-state index in [0.717, 1.165) is 31.1 Å². The second kappa shape index (κ2) is 4.29. The van der Waals surface area contributed by atoms with Gasteiger partial charge in [0, 0.05) is 20.1 Å². The van der Waals surface area contributed by atoms with E-state index >= 15 is 0 Å². The number of rotatable bonds is 2. The van der Waals surface area contributed by atoms with Crippen molar-refractivity contribution in [2.45, 2.75) is 19.4 Å². The standard InChI is InChI=1S/C12H19N3O/c1-12(2)9-15(4-5-16-12)11-6-10(13-3)7-14-8-11/h6-8,13H,4-5,9H2,1-3H3. The lowest BCUT2D eigenvalue weighted by Crippen LogP contribution is -2.48. The molecule has 4 heteroatoms. The highest BCUT2D eigenvalue weighted by Crippen LogP contribution is 2.24. The van der Waals surface area contributed by atoms with E-state index in [0.29, 0.717) is 0 Å². The first-order chi connectivity index (χ1) is 7.61. The maximum Gasteiger partial charge on any atom is 0.0801 e. The summed E-state index contributed by atoms with van der Waals surface area (Å²) in [5.41, 5.74) is 2.12. The first kappa shape index (κ1) is 11.2. The van der Waals surface area contributed by atoms with Gasteiger partial charge in [-0.2, -0.15) is 0 Å². The van der Waals surface area contributed by atoms with Gasteiger partial charge in [-0.25, -0.2) is 0 Å². The van der Waals surface area contributed by atoms with Gasteiger partial charge in [0.05, 0.1) is 36.0 Å². The fraction of sp³-hybridized carbons (Fsp3) is 0.583. The number of aromatic nitrogens is 1. The van der Waals surface area contributed by atoms with E-state index in [-0.39, 0.29) is 5.60 Å². The molecule has 88 valence electrons. The van der Waals surface area contributed by atoms with E-state index in [9.17, 15) is 0 Å². The van der Waals surface area contributed by atoms with Crippen molar-refractivity contribution in [3.8, 4) is 0 Å². The van der Waals surface area contributed by atoms with Gasteiger partial charge in [-0.05, 0) is 19.9 Å². The summed E-state index contributed by atoms with van der Waals surface area (Å²) in [4.78, 5) is 6.55. The third kappa shape index (κ3) is 2.44. The van der Waals surface area contributed by atoms with E-state index in [1.54, 1.807) is 0 Å². The smallest absolute Gasteiger partial charge is 0.0801 e. The summed E-state index contributed by atoms with van der Waals surface area (Å²) < 4.78 is 5.70. The topological polar surface area (TPSA) is 37.4 Å². The summed E-state index contributed by atoms with van der Waals surface area (Å²) in [7, 11) is 1.91. The molecule has 1 fully saturated rings. The molecule has 1 aromatic rings. The molecular formula is C12H19N3O. The summed E-state index contributed by atoms with van der Waals surface area (Å²) >= 11 is 0. The van der Waals surface area contributed by atoms with Crippen molar-refractivity contribution in [3.63, 3.8) is 0 Å². The predicted octanol–water partition coefficient (Wildman–Crippen LogP) is 1.74. The molecule has 0 aromatic carbocycles. The number of hydrogen-bond donors (Lipinski definition) is 1. The molecule has 0 spiro atoms. The lowest BCUT2D eigenvalue weighted by molar-refractivity contribution is -0.0277. The van der Waals surface area contributed by atoms with Crippen LogP contribution in [-0.2, 0) is 4.74 Å². The van der Waals surface area contributed by atoms with E-state index in [2.05, 4.69) is 35.1 Å². The number of morpholine rings is 1. The van der Waals surface area contributed by atoms with Crippen LogP contribution >= 0.6 is 0 Å². The Hall–Kier alpha value is -1.29. The Kier molecular flexibility index (Phi) is 3.01. The SMILES string of the molecule is CNc1cncc(N2CCOC(C)(C)C2)c1. The van der Waals surface area contributed by atoms with Crippen molar-refractivity contribution < 1.29 is 4.74 Å². The molecule has 1 aromatic heterocycles. The van der Waals surface area contributed by atoms with Gasteiger partial charge in [-0.1, -0.05) is 0 Å². The Bertz CT molecular complexity index is 365. The number of anilines is 2. The lowest BCUT2D eigenvalue weighted by atomic mass is 10.1. The molecule has 2 heterocycles. The fourth-order valence-corrected chi connectivity index (χ4v) is 1.97. The van der Waals surface area contributed by atoms with Gasteiger partial charge in [-0.15, -0.1) is 0 Å². The van der Waals surface area contributed by atoms with E-state index in [1.807, 2.05) is 19.4 Å². The van der Waals surface area contributed by atoms with Crippen LogP contribution in [0, 0.1) is 0 Å². The number of nitrogens with one attached hydrogen (secondary N) is 1. The van der Waals surface area contributed by atoms with Crippen LogP contribution in [0.1, 0.15) is 13.8 Å². The summed E-state index contributed by atoms with van der Waals surface area (Å²) in [6, 6.07) is 2.12. The molecule has 1 saturated heterocycles. The quantitative estimate of drug-likeness (QED) is 0.825. The normalized spacial score (nSPS) is 19.6. The van der Waals surface area contributed by atoms with Crippen molar-refractivity contribution in [1.82, 2.24) is 4.98 Å². The zero-order chi connectivity index (χ0) is 11.6. The fourth-order valence-electron chi connectivity index (χ4n) is 1.97. The molecule has 2 rings (SSSR count). The Balaban J connectivity index is 2.16. The average molecular weight is 221 g/mol. The molecular weight excluding hydrogens is 202 g/mol. The van der Waals surface area contributed by atoms with Crippen molar-refractivity contribution >= 4 is 11.4 Å². The van der Waals surface area contributed by atoms with Gasteiger partial charge in [0.25, 0.3) is 0 Å². The molecule has 1 N–H and O–H groups in total. The van der Waals surface area contributed by atoms with Gasteiger partial charge in [-0.3, -0.25) is 4.98 Å². The minimum atomic E-state index is -0.0755. The summed E-state index contributed by atoms with van der Waals surface area (Å²) in [6.07, 6.45) is 3.73. The van der Waals surface area contributed by atoms with Crippen LogP contribution in [0.3, 0.4) is 0 Å². The van der Waals surface area contributed by atoms with Gasteiger partial charge < -0.3 is 15.0 Å². The number of hydrogen-bond acceptors (Lipinski definition) is 4. The van der Waals surface area contributed by atoms with E-state index < -0.39 is 0 Å². The van der Waals surface area contributed by atoms with Crippen LogP contribution in [0.4, 0.5) is 11.4 Å². The van der Waals surface area contributed by atoms with Crippen LogP contribution in [0.15, 0.2) is 18.5 Å². The van der Waals surface area contributed by atoms with Crippen LogP contribution in [0.5, 0.6) is 0 Å². The second-order valence-corrected chi connectivity index (χ2v) is 4.71. The third-order valence-corrected chi connectivity index (χ3v) is 2.80. The van der Waals surface area contributed by atoms with Crippen molar-refractivity contribution in [2.24, 2.45) is 0 Å². The highest BCUT2D eigenvalue weighted by molar-refractivity contribution is 5.55. The monoisotopic (exact) mass is 221 g/mol. The van der Waals surface area contributed by atoms with Gasteiger partial charge >= 0.3 is 0 Å². The van der Waals surface area contributed by atoms with Gasteiger partial charge in [0.2, 0.25) is 0 Å². The Morgan fingerprint density at radius 3 is 2.94 bits per heavy atom. The maximum atomic E-state index is 5.70. The zero-order valence-electron chi connectivity index (χ0n) is 10.2. The lowest BCUT2D eigenvalue weighted by Gasteiger charge is -2.39. The maximum absolute atomic E-state index is 5.70. The molecule has 0 atom stereocenters. The van der Waals surface area contributed by atoms with Gasteiger partial charge in [0.15, 0.2) is 0 Å². The highest BCUT2D eigenvalue weighted by atomic mass is 16.5. The number of pyridine rings is 1. The van der Waals surface area contributed by atoms with Crippen LogP contribution < -0.4 is 10.2 Å². The Morgan fingerprint density at radius 2 is 2.25 bits per heavy atom. The van der Waals surface area contributed by atoms with Crippen molar-refractivity contribution in [3.05, 3.63) is 18.5 Å². The first-order valence-electron chi connectivity index (χ1n) is 5.62. The summed E-state index contributed by atoms with van der Waals surface area (Å²) in [5, 5.41) is 3.11. The molecule has 1 aliphatic heterocycles. The van der Waals surface area contributed by atoms with Crippen LogP contribution in [0.2, 0.25) is 0 Å². The van der Waals surface area contributed by atoms with Crippen LogP contribution in [0.25, 0.3) is 0 Å². The summed E-state index contributed by atoms with van der Waals surface area (Å²) in [6.45, 7) is 6.85. The van der Waals surface area contributed by atoms with Crippen molar-refractivity contribution in [1.29, 1.82) is 0 Å². The highest BCUT2D eigenvalue weighted by Gasteiger charge is 2.27. The first-order valence-corrected chi connectivity index (χ1v) is 5.62. The molecule has 0 radical (unpaired) electrons. The minimum Gasteiger partial charge on any atom is -0.387 e. The minimum absolute atomic E-state index is 0.0755. The van der Waals surface area contributed by atoms with Crippen LogP contribution in [-0.4, -0.2) is 37.3 Å². The molecule has 1 aliphatic rings. The largest absolute Gasteiger partial charge is 0.387 e. The molecule has 0 aliphatic carbocycles. The number of ether oxygens (including phenoxy) is 1. The Labute approximate surface area is 96.6 Å². The zero-order valence-corrected chi connectivity index (χ0v) is 10.2. The molecule has 0 bridgehead atoms. The molecule has 16 heavy (non-hydrogen) atoms. The van der Waals surface area contributed by atoms with Gasteiger partial charge in [0.1, 0.15) is 0 Å². The average Bonchev–Trinajstić information content (AvgIpc) is 2.28. The number of nitrogens with zero attached hydrogens (tertiary/aromatic N) is 2. The summed E-state index contributed by atoms with van der Waals surface area (Å²) in [5.74, 6) is 0. The molecule has 4 nitrogen and oxygen atoms in total. The molecule has 0 unspecified atom stereocenters. The van der Waals surface area contributed by atoms with E-state index in [4.69, 9.17) is 4.74 Å². The van der Waals surface area contributed by atoms with E-state index in [1.165, 1.54) is 0 Å². The van der Waals surface area contributed by atoms with Crippen molar-refractivity contribution in [2.75, 3.05) is 37.0 Å². The Morgan fingerprint density at radius 1 is 1.44 bits per heavy atom. The second-order valence-electron chi connectivity index (χ2n) is 4.71. The predicted molar refractivity (Wildman–Crippen MR) is 66.0 cm³/mol.